The van der Waals surface area contributed by atoms with Gasteiger partial charge in [-0.1, -0.05) is 12.8 Å². The number of urea groups is 1. The van der Waals surface area contributed by atoms with Crippen molar-refractivity contribution in [3.05, 3.63) is 18.3 Å². The van der Waals surface area contributed by atoms with Gasteiger partial charge >= 0.3 is 12.0 Å². The molecule has 1 rings (SSSR count). The molecular weight excluding hydrogens is 274 g/mol. The zero-order valence-electron chi connectivity index (χ0n) is 12.1. The van der Waals surface area contributed by atoms with Gasteiger partial charge in [-0.05, 0) is 18.9 Å². The monoisotopic (exact) mass is 295 g/mol. The van der Waals surface area contributed by atoms with Crippen LogP contribution in [0.25, 0.3) is 0 Å². The molecule has 0 radical (unpaired) electrons. The molecule has 1 aromatic rings. The summed E-state index contributed by atoms with van der Waals surface area (Å²) in [6, 6.07) is 3.09. The Morgan fingerprint density at radius 3 is 2.62 bits per heavy atom. The lowest BCUT2D eigenvalue weighted by atomic mass is 10.1. The van der Waals surface area contributed by atoms with Crippen molar-refractivity contribution in [2.24, 2.45) is 0 Å². The topological polar surface area (TPSA) is 101 Å². The molecule has 7 nitrogen and oxygen atoms in total. The second-order valence-corrected chi connectivity index (χ2v) is 4.53. The minimum absolute atomic E-state index is 0.207. The van der Waals surface area contributed by atoms with Crippen molar-refractivity contribution in [3.8, 4) is 5.88 Å². The fourth-order valence-corrected chi connectivity index (χ4v) is 1.71. The predicted octanol–water partition coefficient (Wildman–Crippen LogP) is 2.25. The first-order chi connectivity index (χ1) is 10.1. The van der Waals surface area contributed by atoms with E-state index in [1.54, 1.807) is 12.1 Å². The molecule has 116 valence electrons. The van der Waals surface area contributed by atoms with E-state index in [-0.39, 0.29) is 12.5 Å². The normalized spacial score (nSPS) is 9.95. The number of aliphatic carboxylic acids is 1. The number of rotatable bonds is 9. The number of aromatic nitrogens is 1. The molecule has 0 spiro atoms. The van der Waals surface area contributed by atoms with Crippen LogP contribution in [0.2, 0.25) is 0 Å². The van der Waals surface area contributed by atoms with E-state index in [1.165, 1.54) is 13.3 Å². The number of amides is 2. The Morgan fingerprint density at radius 2 is 2.00 bits per heavy atom. The SMILES string of the molecule is COc1ccc(NC(=O)NCCCCCCC(=O)O)cn1. The van der Waals surface area contributed by atoms with Gasteiger partial charge in [-0.3, -0.25) is 4.79 Å². The summed E-state index contributed by atoms with van der Waals surface area (Å²) in [5, 5.41) is 13.9. The molecule has 0 unspecified atom stereocenters. The molecule has 0 bridgehead atoms. The number of anilines is 1. The van der Waals surface area contributed by atoms with E-state index < -0.39 is 5.97 Å². The van der Waals surface area contributed by atoms with Gasteiger partial charge in [0.1, 0.15) is 0 Å². The van der Waals surface area contributed by atoms with Gasteiger partial charge in [0.2, 0.25) is 5.88 Å². The highest BCUT2D eigenvalue weighted by Gasteiger charge is 2.02. The van der Waals surface area contributed by atoms with Gasteiger partial charge in [-0.25, -0.2) is 9.78 Å². The van der Waals surface area contributed by atoms with Crippen molar-refractivity contribution in [2.45, 2.75) is 32.1 Å². The highest BCUT2D eigenvalue weighted by Crippen LogP contribution is 2.10. The maximum atomic E-state index is 11.6. The fraction of sp³-hybridized carbons (Fsp3) is 0.500. The molecule has 1 heterocycles. The number of nitrogens with zero attached hydrogens (tertiary/aromatic N) is 1. The summed E-state index contributed by atoms with van der Waals surface area (Å²) in [5.74, 6) is -0.275. The molecule has 0 aromatic carbocycles. The number of hydrogen-bond donors (Lipinski definition) is 3. The van der Waals surface area contributed by atoms with Gasteiger partial charge in [0, 0.05) is 19.0 Å². The summed E-state index contributed by atoms with van der Waals surface area (Å²) in [4.78, 5) is 25.9. The number of nitrogens with one attached hydrogen (secondary N) is 2. The third kappa shape index (κ3) is 7.76. The van der Waals surface area contributed by atoms with Crippen LogP contribution < -0.4 is 15.4 Å². The highest BCUT2D eigenvalue weighted by molar-refractivity contribution is 5.88. The molecule has 7 heteroatoms. The van der Waals surface area contributed by atoms with Gasteiger partial charge in [-0.2, -0.15) is 0 Å². The summed E-state index contributed by atoms with van der Waals surface area (Å²) in [6.45, 7) is 0.558. The number of hydrogen-bond acceptors (Lipinski definition) is 4. The summed E-state index contributed by atoms with van der Waals surface area (Å²) >= 11 is 0. The van der Waals surface area contributed by atoms with Crippen LogP contribution in [0.1, 0.15) is 32.1 Å². The van der Waals surface area contributed by atoms with E-state index in [1.807, 2.05) is 0 Å². The van der Waals surface area contributed by atoms with Crippen LogP contribution in [0.3, 0.4) is 0 Å². The van der Waals surface area contributed by atoms with Crippen molar-refractivity contribution < 1.29 is 19.4 Å². The number of unbranched alkanes of at least 4 members (excludes halogenated alkanes) is 3. The number of methoxy groups -OCH3 is 1. The number of ether oxygens (including phenoxy) is 1. The number of pyridine rings is 1. The minimum atomic E-state index is -0.763. The van der Waals surface area contributed by atoms with E-state index >= 15 is 0 Å². The standard InChI is InChI=1S/C14H21N3O4/c1-21-12-8-7-11(10-16-12)17-14(20)15-9-5-3-2-4-6-13(18)19/h7-8,10H,2-6,9H2,1H3,(H,18,19)(H2,15,17,20). The van der Waals surface area contributed by atoms with Crippen molar-refractivity contribution in [3.63, 3.8) is 0 Å². The first kappa shape index (κ1) is 16.7. The number of carbonyl (C=O) groups is 2. The molecule has 3 N–H and O–H groups in total. The molecule has 0 aliphatic rings. The Hall–Kier alpha value is -2.31. The Kier molecular flexibility index (Phi) is 7.63. The molecular formula is C14H21N3O4. The number of carboxylic acid groups (broad SMARTS) is 1. The minimum Gasteiger partial charge on any atom is -0.481 e. The molecule has 0 saturated carbocycles. The lowest BCUT2D eigenvalue weighted by molar-refractivity contribution is -0.137. The lowest BCUT2D eigenvalue weighted by Crippen LogP contribution is -2.29. The summed E-state index contributed by atoms with van der Waals surface area (Å²) in [6.07, 6.45) is 4.99. The van der Waals surface area contributed by atoms with Crippen molar-refractivity contribution in [2.75, 3.05) is 19.0 Å². The average Bonchev–Trinajstić information content (AvgIpc) is 2.46. The summed E-state index contributed by atoms with van der Waals surface area (Å²) < 4.78 is 4.92. The zero-order chi connectivity index (χ0) is 15.5. The van der Waals surface area contributed by atoms with Crippen LogP contribution in [0.4, 0.5) is 10.5 Å². The van der Waals surface area contributed by atoms with Gasteiger partial charge in [0.15, 0.2) is 0 Å². The molecule has 0 atom stereocenters. The fourth-order valence-electron chi connectivity index (χ4n) is 1.71. The third-order valence-electron chi connectivity index (χ3n) is 2.81. The van der Waals surface area contributed by atoms with Crippen molar-refractivity contribution >= 4 is 17.7 Å². The molecule has 0 aliphatic carbocycles. The number of carboxylic acids is 1. The third-order valence-corrected chi connectivity index (χ3v) is 2.81. The predicted molar refractivity (Wildman–Crippen MR) is 78.5 cm³/mol. The van der Waals surface area contributed by atoms with Crippen LogP contribution in [0, 0.1) is 0 Å². The maximum Gasteiger partial charge on any atom is 0.319 e. The smallest absolute Gasteiger partial charge is 0.319 e. The molecule has 0 fully saturated rings. The second kappa shape index (κ2) is 9.57. The van der Waals surface area contributed by atoms with Crippen LogP contribution in [-0.4, -0.2) is 35.7 Å². The lowest BCUT2D eigenvalue weighted by Gasteiger charge is -2.07. The molecule has 1 aromatic heterocycles. The van der Waals surface area contributed by atoms with E-state index in [4.69, 9.17) is 9.84 Å². The largest absolute Gasteiger partial charge is 0.481 e. The Morgan fingerprint density at radius 1 is 1.24 bits per heavy atom. The van der Waals surface area contributed by atoms with E-state index in [2.05, 4.69) is 15.6 Å². The Labute approximate surface area is 123 Å². The van der Waals surface area contributed by atoms with Gasteiger partial charge in [0.25, 0.3) is 0 Å². The van der Waals surface area contributed by atoms with Crippen LogP contribution in [-0.2, 0) is 4.79 Å². The van der Waals surface area contributed by atoms with Crippen LogP contribution in [0.15, 0.2) is 18.3 Å². The summed E-state index contributed by atoms with van der Waals surface area (Å²) in [5.41, 5.74) is 0.592. The van der Waals surface area contributed by atoms with E-state index in [0.717, 1.165) is 19.3 Å². The van der Waals surface area contributed by atoms with Gasteiger partial charge < -0.3 is 20.5 Å². The molecule has 0 aliphatic heterocycles. The first-order valence-corrected chi connectivity index (χ1v) is 6.88. The second-order valence-electron chi connectivity index (χ2n) is 4.53. The Balaban J connectivity index is 2.09. The Bertz CT molecular complexity index is 448. The molecule has 21 heavy (non-hydrogen) atoms. The van der Waals surface area contributed by atoms with Gasteiger partial charge in [0.05, 0.1) is 19.0 Å². The molecule has 0 saturated heterocycles. The van der Waals surface area contributed by atoms with E-state index in [9.17, 15) is 9.59 Å². The average molecular weight is 295 g/mol. The van der Waals surface area contributed by atoms with Crippen LogP contribution >= 0.6 is 0 Å². The maximum absolute atomic E-state index is 11.6. The first-order valence-electron chi connectivity index (χ1n) is 6.88. The quantitative estimate of drug-likeness (QED) is 0.607. The molecule has 2 amide bonds. The van der Waals surface area contributed by atoms with Crippen molar-refractivity contribution in [1.29, 1.82) is 0 Å². The van der Waals surface area contributed by atoms with E-state index in [0.29, 0.717) is 24.5 Å². The van der Waals surface area contributed by atoms with Crippen LogP contribution in [0.5, 0.6) is 5.88 Å². The zero-order valence-corrected chi connectivity index (χ0v) is 12.1. The summed E-state index contributed by atoms with van der Waals surface area (Å²) in [7, 11) is 1.53. The number of carbonyl (C=O) groups excluding carboxylic acids is 1. The highest BCUT2D eigenvalue weighted by atomic mass is 16.5. The van der Waals surface area contributed by atoms with Crippen molar-refractivity contribution in [1.82, 2.24) is 10.3 Å². The van der Waals surface area contributed by atoms with Gasteiger partial charge in [-0.15, -0.1) is 0 Å².